The standard InChI is InChI=1S/C9H9.K/c1-2-4-8(5-3-1)9-6-7-9;/h1-6,9H,7H2;/q-1;+1/t9-;/m1./s1. The molecular formula is C9H9K. The first-order valence-electron chi connectivity index (χ1n) is 3.35. The zero-order valence-corrected chi connectivity index (χ0v) is 9.37. The van der Waals surface area contributed by atoms with Gasteiger partial charge in [0.25, 0.3) is 0 Å². The average Bonchev–Trinajstić information content (AvgIpc) is 2.71. The Balaban J connectivity index is 0.000000500. The molecule has 1 atom stereocenters. The molecule has 1 aromatic rings. The summed E-state index contributed by atoms with van der Waals surface area (Å²) >= 11 is 0. The minimum atomic E-state index is 0. The Morgan fingerprint density at radius 3 is 2.30 bits per heavy atom. The topological polar surface area (TPSA) is 0 Å². The second-order valence-corrected chi connectivity index (χ2v) is 2.49. The molecule has 0 amide bonds. The van der Waals surface area contributed by atoms with Crippen LogP contribution in [0, 0.1) is 6.42 Å². The monoisotopic (exact) mass is 156 g/mol. The SMILES string of the molecule is [K+].c1ccc([C@@H]2[CH-]C2)cc1. The molecule has 0 nitrogen and oxygen atoms in total. The fourth-order valence-corrected chi connectivity index (χ4v) is 1.04. The summed E-state index contributed by atoms with van der Waals surface area (Å²) in [5, 5.41) is 0. The zero-order valence-electron chi connectivity index (χ0n) is 6.25. The van der Waals surface area contributed by atoms with E-state index >= 15 is 0 Å². The van der Waals surface area contributed by atoms with E-state index in [4.69, 9.17) is 0 Å². The maximum absolute atomic E-state index is 2.33. The molecule has 2 rings (SSSR count). The van der Waals surface area contributed by atoms with E-state index in [9.17, 15) is 0 Å². The summed E-state index contributed by atoms with van der Waals surface area (Å²) in [4.78, 5) is 0. The minimum absolute atomic E-state index is 0. The second-order valence-electron chi connectivity index (χ2n) is 2.49. The van der Waals surface area contributed by atoms with E-state index in [1.165, 1.54) is 12.0 Å². The van der Waals surface area contributed by atoms with Gasteiger partial charge in [0.1, 0.15) is 0 Å². The molecule has 46 valence electrons. The predicted octanol–water partition coefficient (Wildman–Crippen LogP) is -0.618. The van der Waals surface area contributed by atoms with Gasteiger partial charge in [-0.3, -0.25) is 0 Å². The van der Waals surface area contributed by atoms with Crippen LogP contribution in [0.2, 0.25) is 0 Å². The van der Waals surface area contributed by atoms with Crippen molar-refractivity contribution in [2.24, 2.45) is 0 Å². The van der Waals surface area contributed by atoms with Crippen molar-refractivity contribution in [3.05, 3.63) is 42.3 Å². The first kappa shape index (κ1) is 8.95. The summed E-state index contributed by atoms with van der Waals surface area (Å²) in [6.07, 6.45) is 3.61. The van der Waals surface area contributed by atoms with Crippen molar-refractivity contribution in [3.63, 3.8) is 0 Å². The molecule has 0 radical (unpaired) electrons. The van der Waals surface area contributed by atoms with Crippen molar-refractivity contribution >= 4 is 0 Å². The summed E-state index contributed by atoms with van der Waals surface area (Å²) in [5.41, 5.74) is 1.47. The van der Waals surface area contributed by atoms with Gasteiger partial charge in [-0.1, -0.05) is 35.9 Å². The van der Waals surface area contributed by atoms with Gasteiger partial charge in [-0.05, 0) is 0 Å². The Labute approximate surface area is 104 Å². The van der Waals surface area contributed by atoms with Gasteiger partial charge in [-0.15, -0.1) is 0 Å². The quantitative estimate of drug-likeness (QED) is 0.376. The van der Waals surface area contributed by atoms with Crippen molar-refractivity contribution in [1.82, 2.24) is 0 Å². The maximum Gasteiger partial charge on any atom is 1.00 e. The molecule has 0 heterocycles. The molecule has 1 aliphatic rings. The van der Waals surface area contributed by atoms with Crippen molar-refractivity contribution in [1.29, 1.82) is 0 Å². The van der Waals surface area contributed by atoms with E-state index in [-0.39, 0.29) is 51.4 Å². The van der Waals surface area contributed by atoms with Gasteiger partial charge in [0.15, 0.2) is 0 Å². The first-order valence-corrected chi connectivity index (χ1v) is 3.35. The molecule has 0 spiro atoms. The summed E-state index contributed by atoms with van der Waals surface area (Å²) in [7, 11) is 0. The predicted molar refractivity (Wildman–Crippen MR) is 38.1 cm³/mol. The third-order valence-corrected chi connectivity index (χ3v) is 1.70. The van der Waals surface area contributed by atoms with Crippen LogP contribution in [0.25, 0.3) is 0 Å². The van der Waals surface area contributed by atoms with Gasteiger partial charge in [0, 0.05) is 0 Å². The maximum atomic E-state index is 2.33. The molecule has 0 aromatic heterocycles. The van der Waals surface area contributed by atoms with Crippen LogP contribution in [0.3, 0.4) is 0 Å². The van der Waals surface area contributed by atoms with Gasteiger partial charge >= 0.3 is 51.4 Å². The van der Waals surface area contributed by atoms with Crippen LogP contribution in [0.1, 0.15) is 17.9 Å². The minimum Gasteiger partial charge on any atom is -0.325 e. The molecule has 1 heteroatoms. The van der Waals surface area contributed by atoms with Crippen molar-refractivity contribution in [2.45, 2.75) is 12.3 Å². The summed E-state index contributed by atoms with van der Waals surface area (Å²) in [6.45, 7) is 0. The van der Waals surface area contributed by atoms with E-state index in [0.29, 0.717) is 0 Å². The number of rotatable bonds is 1. The normalized spacial score (nSPS) is 21.4. The molecule has 1 aliphatic carbocycles. The summed E-state index contributed by atoms with van der Waals surface area (Å²) in [5.74, 6) is 0.784. The van der Waals surface area contributed by atoms with Crippen LogP contribution in [-0.4, -0.2) is 0 Å². The molecule has 1 aromatic carbocycles. The van der Waals surface area contributed by atoms with Crippen LogP contribution in [0.15, 0.2) is 30.3 Å². The molecule has 1 fully saturated rings. The number of benzene rings is 1. The third kappa shape index (κ3) is 2.17. The Bertz CT molecular complexity index is 189. The van der Waals surface area contributed by atoms with Crippen LogP contribution in [0.5, 0.6) is 0 Å². The van der Waals surface area contributed by atoms with E-state index in [1.807, 2.05) is 0 Å². The molecule has 0 N–H and O–H groups in total. The zero-order chi connectivity index (χ0) is 6.10. The Morgan fingerprint density at radius 2 is 1.80 bits per heavy atom. The van der Waals surface area contributed by atoms with E-state index < -0.39 is 0 Å². The van der Waals surface area contributed by atoms with E-state index in [1.54, 1.807) is 0 Å². The second kappa shape index (κ2) is 4.03. The van der Waals surface area contributed by atoms with Gasteiger partial charge in [-0.25, -0.2) is 0 Å². The average molecular weight is 156 g/mol. The van der Waals surface area contributed by atoms with Crippen molar-refractivity contribution in [3.8, 4) is 0 Å². The van der Waals surface area contributed by atoms with E-state index in [2.05, 4.69) is 36.8 Å². The first-order chi connectivity index (χ1) is 4.47. The Hall–Kier alpha value is 0.856. The fourth-order valence-electron chi connectivity index (χ4n) is 1.04. The van der Waals surface area contributed by atoms with E-state index in [0.717, 1.165) is 5.92 Å². The van der Waals surface area contributed by atoms with Gasteiger partial charge in [0.05, 0.1) is 0 Å². The van der Waals surface area contributed by atoms with Crippen LogP contribution in [-0.2, 0) is 0 Å². The fraction of sp³-hybridized carbons (Fsp3) is 0.222. The Morgan fingerprint density at radius 1 is 1.20 bits per heavy atom. The van der Waals surface area contributed by atoms with Gasteiger partial charge in [-0.2, -0.15) is 12.3 Å². The number of hydrogen-bond acceptors (Lipinski definition) is 0. The van der Waals surface area contributed by atoms with Gasteiger partial charge < -0.3 is 6.42 Å². The molecule has 1 saturated carbocycles. The molecule has 0 saturated heterocycles. The molecule has 0 bridgehead atoms. The smallest absolute Gasteiger partial charge is 0.325 e. The molecule has 10 heavy (non-hydrogen) atoms. The van der Waals surface area contributed by atoms with Crippen LogP contribution >= 0.6 is 0 Å². The van der Waals surface area contributed by atoms with Crippen molar-refractivity contribution in [2.75, 3.05) is 0 Å². The largest absolute Gasteiger partial charge is 1.00 e. The van der Waals surface area contributed by atoms with Crippen LogP contribution < -0.4 is 51.4 Å². The van der Waals surface area contributed by atoms with Crippen LogP contribution in [0.4, 0.5) is 0 Å². The molecule has 0 aliphatic heterocycles. The van der Waals surface area contributed by atoms with Crippen molar-refractivity contribution < 1.29 is 51.4 Å². The summed E-state index contributed by atoms with van der Waals surface area (Å²) < 4.78 is 0. The molecule has 0 unspecified atom stereocenters. The third-order valence-electron chi connectivity index (χ3n) is 1.70. The molecular weight excluding hydrogens is 147 g/mol. The summed E-state index contributed by atoms with van der Waals surface area (Å²) in [6, 6.07) is 10.6. The van der Waals surface area contributed by atoms with Gasteiger partial charge in [0.2, 0.25) is 0 Å². The Kier molecular flexibility index (Phi) is 3.60. The number of hydrogen-bond donors (Lipinski definition) is 0.